The smallest absolute Gasteiger partial charge is 0.159 e. The van der Waals surface area contributed by atoms with Gasteiger partial charge in [0.15, 0.2) is 17.3 Å². The molecule has 0 atom stereocenters. The Bertz CT molecular complexity index is 1030. The Morgan fingerprint density at radius 1 is 1.08 bits per heavy atom. The van der Waals surface area contributed by atoms with Gasteiger partial charge in [0.25, 0.3) is 0 Å². The fourth-order valence-corrected chi connectivity index (χ4v) is 2.62. The molecule has 4 aromatic rings. The van der Waals surface area contributed by atoms with Crippen LogP contribution in [0.5, 0.6) is 0 Å². The maximum absolute atomic E-state index is 13.6. The average molecular weight is 325 g/mol. The van der Waals surface area contributed by atoms with Crippen LogP contribution in [0.25, 0.3) is 28.2 Å². The highest BCUT2D eigenvalue weighted by molar-refractivity contribution is 5.78. The zero-order valence-corrected chi connectivity index (χ0v) is 12.8. The minimum Gasteiger partial charge on any atom is -0.341 e. The molecule has 0 radical (unpaired) electrons. The number of hydrogen-bond donors (Lipinski definition) is 1. The summed E-state index contributed by atoms with van der Waals surface area (Å²) in [6, 6.07) is 7.51. The van der Waals surface area contributed by atoms with Gasteiger partial charge in [-0.2, -0.15) is 5.10 Å². The molecule has 3 aromatic heterocycles. The SMILES string of the molecule is CCc1nc(-c2ccc(F)c(F)c2)c(-c2ccc3ncnn3c2)[nH]1. The van der Waals surface area contributed by atoms with Crippen LogP contribution in [0.15, 0.2) is 42.9 Å². The van der Waals surface area contributed by atoms with Crippen molar-refractivity contribution in [1.29, 1.82) is 0 Å². The number of aryl methyl sites for hydroxylation is 1. The Labute approximate surface area is 136 Å². The van der Waals surface area contributed by atoms with Gasteiger partial charge in [-0.3, -0.25) is 0 Å². The van der Waals surface area contributed by atoms with E-state index in [4.69, 9.17) is 0 Å². The molecule has 0 unspecified atom stereocenters. The lowest BCUT2D eigenvalue weighted by Crippen LogP contribution is -1.91. The van der Waals surface area contributed by atoms with Crippen LogP contribution in [0, 0.1) is 11.6 Å². The van der Waals surface area contributed by atoms with E-state index in [9.17, 15) is 8.78 Å². The predicted octanol–water partition coefficient (Wildman–Crippen LogP) is 3.63. The Kier molecular flexibility index (Phi) is 3.34. The molecular formula is C17H13F2N5. The number of imidazole rings is 1. The summed E-state index contributed by atoms with van der Waals surface area (Å²) in [4.78, 5) is 11.9. The number of fused-ring (bicyclic) bond motifs is 1. The van der Waals surface area contributed by atoms with Crippen molar-refractivity contribution < 1.29 is 8.78 Å². The molecule has 5 nitrogen and oxygen atoms in total. The first-order valence-corrected chi connectivity index (χ1v) is 7.50. The second kappa shape index (κ2) is 5.52. The molecule has 24 heavy (non-hydrogen) atoms. The second-order valence-electron chi connectivity index (χ2n) is 5.37. The van der Waals surface area contributed by atoms with Crippen LogP contribution >= 0.6 is 0 Å². The number of nitrogens with one attached hydrogen (secondary N) is 1. The van der Waals surface area contributed by atoms with Crippen LogP contribution in [0.4, 0.5) is 8.78 Å². The van der Waals surface area contributed by atoms with Gasteiger partial charge in [-0.25, -0.2) is 23.3 Å². The first kappa shape index (κ1) is 14.5. The van der Waals surface area contributed by atoms with Gasteiger partial charge in [-0.05, 0) is 30.3 Å². The molecule has 1 aromatic carbocycles. The van der Waals surface area contributed by atoms with Gasteiger partial charge in [0.05, 0.1) is 11.4 Å². The highest BCUT2D eigenvalue weighted by Crippen LogP contribution is 2.31. The van der Waals surface area contributed by atoms with Crippen molar-refractivity contribution in [3.05, 3.63) is 60.3 Å². The minimum absolute atomic E-state index is 0.513. The minimum atomic E-state index is -0.897. The third-order valence-corrected chi connectivity index (χ3v) is 3.84. The molecule has 0 amide bonds. The van der Waals surface area contributed by atoms with E-state index in [0.29, 0.717) is 17.7 Å². The highest BCUT2D eigenvalue weighted by Gasteiger charge is 2.16. The maximum Gasteiger partial charge on any atom is 0.159 e. The first-order valence-electron chi connectivity index (χ1n) is 7.50. The van der Waals surface area contributed by atoms with Crippen LogP contribution in [-0.4, -0.2) is 24.6 Å². The molecule has 120 valence electrons. The van der Waals surface area contributed by atoms with E-state index in [1.165, 1.54) is 12.4 Å². The van der Waals surface area contributed by atoms with Crippen LogP contribution in [0.3, 0.4) is 0 Å². The van der Waals surface area contributed by atoms with Crippen molar-refractivity contribution >= 4 is 5.65 Å². The van der Waals surface area contributed by atoms with Crippen molar-refractivity contribution in [2.45, 2.75) is 13.3 Å². The number of aromatic nitrogens is 5. The summed E-state index contributed by atoms with van der Waals surface area (Å²) in [6.45, 7) is 1.97. The van der Waals surface area contributed by atoms with E-state index in [0.717, 1.165) is 34.9 Å². The Morgan fingerprint density at radius 3 is 2.71 bits per heavy atom. The van der Waals surface area contributed by atoms with Crippen LogP contribution in [0.2, 0.25) is 0 Å². The lowest BCUT2D eigenvalue weighted by Gasteiger charge is -2.04. The predicted molar refractivity (Wildman–Crippen MR) is 85.3 cm³/mol. The molecule has 7 heteroatoms. The van der Waals surface area contributed by atoms with E-state index in [1.54, 1.807) is 4.52 Å². The van der Waals surface area contributed by atoms with Gasteiger partial charge >= 0.3 is 0 Å². The molecule has 0 aliphatic carbocycles. The van der Waals surface area contributed by atoms with Crippen molar-refractivity contribution in [2.75, 3.05) is 0 Å². The van der Waals surface area contributed by atoms with Gasteiger partial charge in [0, 0.05) is 23.7 Å². The van der Waals surface area contributed by atoms with Crippen LogP contribution in [-0.2, 0) is 6.42 Å². The summed E-state index contributed by atoms with van der Waals surface area (Å²) in [5, 5.41) is 4.12. The summed E-state index contributed by atoms with van der Waals surface area (Å²) in [5.74, 6) is -1.01. The number of hydrogen-bond acceptors (Lipinski definition) is 3. The van der Waals surface area contributed by atoms with Gasteiger partial charge in [0.1, 0.15) is 12.2 Å². The molecule has 0 saturated carbocycles. The number of benzene rings is 1. The molecule has 0 bridgehead atoms. The van der Waals surface area contributed by atoms with Crippen molar-refractivity contribution in [1.82, 2.24) is 24.6 Å². The average Bonchev–Trinajstić information content (AvgIpc) is 3.22. The Morgan fingerprint density at radius 2 is 1.92 bits per heavy atom. The number of aromatic amines is 1. The molecule has 3 heterocycles. The lowest BCUT2D eigenvalue weighted by atomic mass is 10.1. The number of rotatable bonds is 3. The third-order valence-electron chi connectivity index (χ3n) is 3.84. The van der Waals surface area contributed by atoms with Crippen LogP contribution in [0.1, 0.15) is 12.7 Å². The summed E-state index contributed by atoms with van der Waals surface area (Å²) >= 11 is 0. The summed E-state index contributed by atoms with van der Waals surface area (Å²) in [6.07, 6.45) is 3.99. The highest BCUT2D eigenvalue weighted by atomic mass is 19.2. The van der Waals surface area contributed by atoms with E-state index in [-0.39, 0.29) is 0 Å². The standard InChI is InChI=1S/C17H13F2N5/c1-2-14-22-16(10-3-5-12(18)13(19)7-10)17(23-14)11-4-6-15-20-9-21-24(15)8-11/h3-9H,2H2,1H3,(H,22,23). The molecule has 4 rings (SSSR count). The summed E-state index contributed by atoms with van der Waals surface area (Å²) in [5.41, 5.74) is 3.38. The topological polar surface area (TPSA) is 58.9 Å². The monoisotopic (exact) mass is 325 g/mol. The van der Waals surface area contributed by atoms with Gasteiger partial charge in [-0.1, -0.05) is 6.92 Å². The molecule has 0 spiro atoms. The van der Waals surface area contributed by atoms with Crippen molar-refractivity contribution in [2.24, 2.45) is 0 Å². The van der Waals surface area contributed by atoms with Gasteiger partial charge < -0.3 is 4.98 Å². The number of nitrogens with zero attached hydrogens (tertiary/aromatic N) is 4. The summed E-state index contributed by atoms with van der Waals surface area (Å²) < 4.78 is 28.5. The van der Waals surface area contributed by atoms with Crippen molar-refractivity contribution in [3.8, 4) is 22.5 Å². The molecule has 0 aliphatic rings. The lowest BCUT2D eigenvalue weighted by molar-refractivity contribution is 0.509. The fourth-order valence-electron chi connectivity index (χ4n) is 2.62. The third kappa shape index (κ3) is 2.34. The summed E-state index contributed by atoms with van der Waals surface area (Å²) in [7, 11) is 0. The normalized spacial score (nSPS) is 11.3. The molecule has 0 fully saturated rings. The number of pyridine rings is 1. The van der Waals surface area contributed by atoms with Crippen molar-refractivity contribution in [3.63, 3.8) is 0 Å². The molecule has 1 N–H and O–H groups in total. The zero-order chi connectivity index (χ0) is 16.7. The quantitative estimate of drug-likeness (QED) is 0.626. The first-order chi connectivity index (χ1) is 11.7. The Balaban J connectivity index is 1.91. The van der Waals surface area contributed by atoms with E-state index in [1.807, 2.05) is 25.3 Å². The Hall–Kier alpha value is -3.09. The molecule has 0 saturated heterocycles. The molecule has 0 aliphatic heterocycles. The number of halogens is 2. The maximum atomic E-state index is 13.6. The molecular weight excluding hydrogens is 312 g/mol. The van der Waals surface area contributed by atoms with Gasteiger partial charge in [0.2, 0.25) is 0 Å². The second-order valence-corrected chi connectivity index (χ2v) is 5.37. The fraction of sp³-hybridized carbons (Fsp3) is 0.118. The van der Waals surface area contributed by atoms with Gasteiger partial charge in [-0.15, -0.1) is 0 Å². The van der Waals surface area contributed by atoms with E-state index in [2.05, 4.69) is 20.1 Å². The number of H-pyrrole nitrogens is 1. The van der Waals surface area contributed by atoms with Crippen LogP contribution < -0.4 is 0 Å². The van der Waals surface area contributed by atoms with E-state index >= 15 is 0 Å². The largest absolute Gasteiger partial charge is 0.341 e. The zero-order valence-electron chi connectivity index (χ0n) is 12.8. The van der Waals surface area contributed by atoms with E-state index < -0.39 is 11.6 Å².